The molecule has 0 spiro atoms. The van der Waals surface area contributed by atoms with Gasteiger partial charge in [0.1, 0.15) is 5.60 Å². The van der Waals surface area contributed by atoms with Crippen LogP contribution in [0.3, 0.4) is 0 Å². The van der Waals surface area contributed by atoms with Crippen molar-refractivity contribution in [1.82, 2.24) is 9.97 Å². The Hall–Kier alpha value is -1.00. The minimum atomic E-state index is -0.412. The molecule has 4 nitrogen and oxygen atoms in total. The molecular weight excluding hydrogens is 178 g/mol. The molecule has 0 aliphatic carbocycles. The number of hydrogen-bond donors (Lipinski definition) is 1. The maximum absolute atomic E-state index is 5.51. The number of hydrogen-bond acceptors (Lipinski definition) is 4. The Balaban J connectivity index is 3.04. The lowest BCUT2D eigenvalue weighted by molar-refractivity contribution is -0.00915. The van der Waals surface area contributed by atoms with Crippen LogP contribution in [0.5, 0.6) is 0 Å². The summed E-state index contributed by atoms with van der Waals surface area (Å²) in [5, 5.41) is 0. The second-order valence-corrected chi connectivity index (χ2v) is 3.36. The van der Waals surface area contributed by atoms with Crippen LogP contribution < -0.4 is 5.73 Å². The zero-order valence-electron chi connectivity index (χ0n) is 8.95. The summed E-state index contributed by atoms with van der Waals surface area (Å²) in [6.07, 6.45) is 2.55. The largest absolute Gasteiger partial charge is 0.371 e. The summed E-state index contributed by atoms with van der Waals surface area (Å²) in [4.78, 5) is 8.55. The summed E-state index contributed by atoms with van der Waals surface area (Å²) in [5.41, 5.74) is 5.94. The first-order valence-corrected chi connectivity index (χ1v) is 4.74. The van der Waals surface area contributed by atoms with Gasteiger partial charge in [0.25, 0.3) is 0 Å². The molecule has 0 bridgehead atoms. The van der Waals surface area contributed by atoms with E-state index in [1.807, 2.05) is 19.9 Å². The Bertz CT molecular complexity index is 297. The lowest BCUT2D eigenvalue weighted by Crippen LogP contribution is -2.26. The maximum Gasteiger partial charge on any atom is 0.160 e. The average molecular weight is 195 g/mol. The van der Waals surface area contributed by atoms with Gasteiger partial charge in [-0.15, -0.1) is 0 Å². The van der Waals surface area contributed by atoms with Gasteiger partial charge in [-0.3, -0.25) is 0 Å². The standard InChI is InChI=1S/C10H17N3O/c1-4-10(2,14-3)9-12-6-5-8(7-11)13-9/h5-6H,4,7,11H2,1-3H3. The van der Waals surface area contributed by atoms with Gasteiger partial charge in [-0.2, -0.15) is 0 Å². The monoisotopic (exact) mass is 195 g/mol. The molecule has 1 unspecified atom stereocenters. The van der Waals surface area contributed by atoms with Gasteiger partial charge in [0.15, 0.2) is 5.82 Å². The third-order valence-electron chi connectivity index (χ3n) is 2.52. The predicted molar refractivity (Wildman–Crippen MR) is 54.6 cm³/mol. The van der Waals surface area contributed by atoms with E-state index in [0.717, 1.165) is 12.1 Å². The Labute approximate surface area is 84.5 Å². The molecule has 0 aliphatic rings. The van der Waals surface area contributed by atoms with Crippen LogP contribution in [-0.4, -0.2) is 17.1 Å². The zero-order chi connectivity index (χ0) is 10.6. The second kappa shape index (κ2) is 4.48. The predicted octanol–water partition coefficient (Wildman–Crippen LogP) is 1.21. The number of methoxy groups -OCH3 is 1. The van der Waals surface area contributed by atoms with E-state index in [0.29, 0.717) is 12.4 Å². The van der Waals surface area contributed by atoms with Crippen molar-refractivity contribution in [2.45, 2.75) is 32.4 Å². The molecular formula is C10H17N3O. The molecule has 1 heterocycles. The van der Waals surface area contributed by atoms with Crippen LogP contribution in [0, 0.1) is 0 Å². The van der Waals surface area contributed by atoms with Gasteiger partial charge in [0.05, 0.1) is 5.69 Å². The van der Waals surface area contributed by atoms with E-state index in [1.54, 1.807) is 13.3 Å². The van der Waals surface area contributed by atoms with Crippen LogP contribution in [0.4, 0.5) is 0 Å². The summed E-state index contributed by atoms with van der Waals surface area (Å²) in [6, 6.07) is 1.81. The van der Waals surface area contributed by atoms with Crippen molar-refractivity contribution < 1.29 is 4.74 Å². The zero-order valence-corrected chi connectivity index (χ0v) is 8.95. The SMILES string of the molecule is CCC(C)(OC)c1nccc(CN)n1. The lowest BCUT2D eigenvalue weighted by atomic mass is 10.0. The Morgan fingerprint density at radius 2 is 2.29 bits per heavy atom. The van der Waals surface area contributed by atoms with Gasteiger partial charge in [-0.1, -0.05) is 6.92 Å². The molecule has 0 radical (unpaired) electrons. The molecule has 2 N–H and O–H groups in total. The van der Waals surface area contributed by atoms with Gasteiger partial charge < -0.3 is 10.5 Å². The molecule has 1 aromatic heterocycles. The highest BCUT2D eigenvalue weighted by atomic mass is 16.5. The first-order valence-electron chi connectivity index (χ1n) is 4.74. The fourth-order valence-corrected chi connectivity index (χ4v) is 1.16. The first kappa shape index (κ1) is 11.1. The van der Waals surface area contributed by atoms with E-state index in [-0.39, 0.29) is 0 Å². The van der Waals surface area contributed by atoms with Crippen LogP contribution in [0.25, 0.3) is 0 Å². The Morgan fingerprint density at radius 3 is 2.79 bits per heavy atom. The molecule has 0 aliphatic heterocycles. The number of rotatable bonds is 4. The van der Waals surface area contributed by atoms with E-state index in [9.17, 15) is 0 Å². The topological polar surface area (TPSA) is 61.0 Å². The van der Waals surface area contributed by atoms with Crippen molar-refractivity contribution in [3.05, 3.63) is 23.8 Å². The fraction of sp³-hybridized carbons (Fsp3) is 0.600. The van der Waals surface area contributed by atoms with Gasteiger partial charge in [0.2, 0.25) is 0 Å². The summed E-state index contributed by atoms with van der Waals surface area (Å²) in [5.74, 6) is 0.699. The molecule has 1 atom stereocenters. The van der Waals surface area contributed by atoms with Crippen LogP contribution in [-0.2, 0) is 16.9 Å². The fourth-order valence-electron chi connectivity index (χ4n) is 1.16. The lowest BCUT2D eigenvalue weighted by Gasteiger charge is -2.24. The van der Waals surface area contributed by atoms with Crippen molar-refractivity contribution in [3.63, 3.8) is 0 Å². The van der Waals surface area contributed by atoms with Crippen molar-refractivity contribution in [2.75, 3.05) is 7.11 Å². The number of aromatic nitrogens is 2. The molecule has 78 valence electrons. The highest BCUT2D eigenvalue weighted by Gasteiger charge is 2.27. The first-order chi connectivity index (χ1) is 6.66. The molecule has 1 aromatic rings. The number of nitrogens with zero attached hydrogens (tertiary/aromatic N) is 2. The Kier molecular flexibility index (Phi) is 3.55. The summed E-state index contributed by atoms with van der Waals surface area (Å²) in [7, 11) is 1.67. The third-order valence-corrected chi connectivity index (χ3v) is 2.52. The van der Waals surface area contributed by atoms with Gasteiger partial charge in [-0.05, 0) is 19.4 Å². The van der Waals surface area contributed by atoms with Crippen molar-refractivity contribution in [3.8, 4) is 0 Å². The average Bonchev–Trinajstić information content (AvgIpc) is 2.28. The number of nitrogens with two attached hydrogens (primary N) is 1. The minimum Gasteiger partial charge on any atom is -0.371 e. The van der Waals surface area contributed by atoms with E-state index in [4.69, 9.17) is 10.5 Å². The Morgan fingerprint density at radius 1 is 1.57 bits per heavy atom. The molecule has 14 heavy (non-hydrogen) atoms. The normalized spacial score (nSPS) is 15.1. The summed E-state index contributed by atoms with van der Waals surface area (Å²) < 4.78 is 5.41. The van der Waals surface area contributed by atoms with Crippen LogP contribution in [0.1, 0.15) is 31.8 Å². The molecule has 0 fully saturated rings. The van der Waals surface area contributed by atoms with Crippen molar-refractivity contribution in [2.24, 2.45) is 5.73 Å². The van der Waals surface area contributed by atoms with Crippen LogP contribution >= 0.6 is 0 Å². The van der Waals surface area contributed by atoms with Crippen molar-refractivity contribution in [1.29, 1.82) is 0 Å². The highest BCUT2D eigenvalue weighted by Crippen LogP contribution is 2.24. The van der Waals surface area contributed by atoms with E-state index in [1.165, 1.54) is 0 Å². The minimum absolute atomic E-state index is 0.412. The van der Waals surface area contributed by atoms with E-state index < -0.39 is 5.60 Å². The molecule has 0 amide bonds. The molecule has 1 rings (SSSR count). The number of ether oxygens (including phenoxy) is 1. The highest BCUT2D eigenvalue weighted by molar-refractivity contribution is 5.07. The smallest absolute Gasteiger partial charge is 0.160 e. The maximum atomic E-state index is 5.51. The van der Waals surface area contributed by atoms with Gasteiger partial charge in [-0.25, -0.2) is 9.97 Å². The van der Waals surface area contributed by atoms with E-state index >= 15 is 0 Å². The second-order valence-electron chi connectivity index (χ2n) is 3.36. The van der Waals surface area contributed by atoms with Crippen molar-refractivity contribution >= 4 is 0 Å². The summed E-state index contributed by atoms with van der Waals surface area (Å²) in [6.45, 7) is 4.45. The third kappa shape index (κ3) is 2.08. The quantitative estimate of drug-likeness (QED) is 0.784. The molecule has 0 saturated heterocycles. The molecule has 0 aromatic carbocycles. The van der Waals surface area contributed by atoms with E-state index in [2.05, 4.69) is 9.97 Å². The van der Waals surface area contributed by atoms with Gasteiger partial charge >= 0.3 is 0 Å². The molecule has 4 heteroatoms. The summed E-state index contributed by atoms with van der Waals surface area (Å²) >= 11 is 0. The molecule has 0 saturated carbocycles. The van der Waals surface area contributed by atoms with Crippen LogP contribution in [0.15, 0.2) is 12.3 Å². The van der Waals surface area contributed by atoms with Gasteiger partial charge in [0, 0.05) is 19.9 Å². The van der Waals surface area contributed by atoms with Crippen LogP contribution in [0.2, 0.25) is 0 Å².